The molecule has 0 aromatic heterocycles. The molecule has 0 saturated carbocycles. The predicted octanol–water partition coefficient (Wildman–Crippen LogP) is 25.5. The lowest BCUT2D eigenvalue weighted by Gasteiger charge is -2.32. The minimum atomic E-state index is -0.268. The SMILES string of the molecule is CC1(C)c2ccccc2-c2cc(-c3c(-c4ccc5c(c4)C(C)(C)c4ccccc4-5)c(-c4ccc5c(c4)C(C)(C)c4ccccc4-5)c(-c4ccc5c(c4)C(C)(C)c4ccccc4-5)c(-c4ccc5c(c4)C(C)(C)c4ccccc4-5)c3-c3ccc4c(c3)C(C)(C)c3ccccc3-4)ccc21. The summed E-state index contributed by atoms with van der Waals surface area (Å²) in [5, 5.41) is 0. The van der Waals surface area contributed by atoms with Crippen molar-refractivity contribution in [1.29, 1.82) is 0 Å². The van der Waals surface area contributed by atoms with Gasteiger partial charge in [0, 0.05) is 32.5 Å². The van der Waals surface area contributed by atoms with E-state index in [1.807, 2.05) is 0 Å². The van der Waals surface area contributed by atoms with Crippen molar-refractivity contribution in [1.82, 2.24) is 0 Å². The smallest absolute Gasteiger partial charge is 0.0159 e. The lowest BCUT2D eigenvalue weighted by Crippen LogP contribution is -2.16. The minimum absolute atomic E-state index is 0.192. The number of hydrogen-bond donors (Lipinski definition) is 0. The first-order valence-electron chi connectivity index (χ1n) is 34.9. The molecule has 6 aliphatic rings. The van der Waals surface area contributed by atoms with Gasteiger partial charge in [-0.05, 0) is 237 Å². The lowest BCUT2D eigenvalue weighted by atomic mass is 9.71. The summed E-state index contributed by atoms with van der Waals surface area (Å²) in [7, 11) is 0. The van der Waals surface area contributed by atoms with E-state index in [1.165, 1.54) is 200 Å². The molecule has 0 fully saturated rings. The van der Waals surface area contributed by atoms with Gasteiger partial charge in [-0.15, -0.1) is 0 Å². The van der Waals surface area contributed by atoms with Crippen LogP contribution in [0.3, 0.4) is 0 Å². The number of hydrogen-bond acceptors (Lipinski definition) is 0. The Kier molecular flexibility index (Phi) is 11.5. The Morgan fingerprint density at radius 3 is 0.521 bits per heavy atom. The van der Waals surface area contributed by atoms with Gasteiger partial charge in [-0.25, -0.2) is 0 Å². The molecule has 0 atom stereocenters. The van der Waals surface area contributed by atoms with Crippen LogP contribution in [0.5, 0.6) is 0 Å². The van der Waals surface area contributed by atoms with Gasteiger partial charge in [-0.2, -0.15) is 0 Å². The molecule has 0 N–H and O–H groups in total. The van der Waals surface area contributed by atoms with E-state index in [-0.39, 0.29) is 32.5 Å². The van der Waals surface area contributed by atoms with Crippen molar-refractivity contribution in [3.8, 4) is 134 Å². The van der Waals surface area contributed by atoms with Gasteiger partial charge in [-0.3, -0.25) is 0 Å². The topological polar surface area (TPSA) is 0 Å². The Hall–Kier alpha value is -10.1. The van der Waals surface area contributed by atoms with Crippen LogP contribution in [0.15, 0.2) is 255 Å². The van der Waals surface area contributed by atoms with Crippen molar-refractivity contribution in [2.45, 2.75) is 116 Å². The molecule has 0 bridgehead atoms. The van der Waals surface area contributed by atoms with Crippen molar-refractivity contribution in [3.05, 3.63) is 322 Å². The van der Waals surface area contributed by atoms with Crippen LogP contribution < -0.4 is 0 Å². The molecule has 0 unspecified atom stereocenters. The standard InChI is InChI=1S/C96H78/c1-91(2)78-36-24-18-30-66(78)72-49-55(42-48-79(72)91)85-86(56-37-43-67-61-25-13-19-31-73(61)92(3,4)80(67)50-56)88(58-39-45-69-63-27-15-21-33-75(63)94(7,8)82(69)52-58)90(60-41-47-71-65-29-17-23-35-77(65)96(11,12)84(71)54-60)89(59-40-46-70-64-28-16-22-34-76(64)95(9,10)83(70)53-59)87(85)57-38-44-68-62-26-14-20-32-74(62)93(5,6)81(68)51-57/h13-54H,1-12H3. The van der Waals surface area contributed by atoms with Gasteiger partial charge in [0.1, 0.15) is 0 Å². The zero-order valence-corrected chi connectivity index (χ0v) is 57.2. The lowest BCUT2D eigenvalue weighted by molar-refractivity contribution is 0.660. The van der Waals surface area contributed by atoms with Crippen molar-refractivity contribution in [3.63, 3.8) is 0 Å². The molecule has 6 aliphatic carbocycles. The first-order valence-corrected chi connectivity index (χ1v) is 34.9. The molecular weight excluding hydrogens is 1150 g/mol. The minimum Gasteiger partial charge on any atom is -0.0619 e. The Labute approximate surface area is 567 Å². The Morgan fingerprint density at radius 1 is 0.135 bits per heavy atom. The summed E-state index contributed by atoms with van der Waals surface area (Å²) in [5.74, 6) is 0. The monoisotopic (exact) mass is 1230 g/mol. The molecule has 0 nitrogen and oxygen atoms in total. The van der Waals surface area contributed by atoms with Gasteiger partial charge in [0.2, 0.25) is 0 Å². The fourth-order valence-electron chi connectivity index (χ4n) is 19.7. The van der Waals surface area contributed by atoms with E-state index < -0.39 is 0 Å². The van der Waals surface area contributed by atoms with Crippen LogP contribution in [-0.2, 0) is 32.5 Å². The van der Waals surface area contributed by atoms with Gasteiger partial charge in [0.05, 0.1) is 0 Å². The molecular formula is C96H78. The molecule has 0 spiro atoms. The summed E-state index contributed by atoms with van der Waals surface area (Å²) in [6, 6.07) is 101. The second-order valence-corrected chi connectivity index (χ2v) is 31.8. The van der Waals surface area contributed by atoms with Crippen molar-refractivity contribution in [2.24, 2.45) is 0 Å². The summed E-state index contributed by atoms with van der Waals surface area (Å²) >= 11 is 0. The first-order chi connectivity index (χ1) is 46.2. The molecule has 0 radical (unpaired) electrons. The van der Waals surface area contributed by atoms with E-state index in [4.69, 9.17) is 0 Å². The third-order valence-electron chi connectivity index (χ3n) is 24.7. The van der Waals surface area contributed by atoms with Gasteiger partial charge >= 0.3 is 0 Å². The number of rotatable bonds is 6. The van der Waals surface area contributed by atoms with E-state index in [2.05, 4.69) is 338 Å². The van der Waals surface area contributed by atoms with Crippen LogP contribution in [0, 0.1) is 0 Å². The first kappa shape index (κ1) is 57.3. The summed E-state index contributed by atoms with van der Waals surface area (Å²) in [6.07, 6.45) is 0. The van der Waals surface area contributed by atoms with Crippen LogP contribution in [0.25, 0.3) is 134 Å². The van der Waals surface area contributed by atoms with Crippen LogP contribution >= 0.6 is 0 Å². The quantitative estimate of drug-likeness (QED) is 0.156. The zero-order valence-electron chi connectivity index (χ0n) is 57.2. The summed E-state index contributed by atoms with van der Waals surface area (Å²) < 4.78 is 0. The summed E-state index contributed by atoms with van der Waals surface area (Å²) in [5.41, 5.74) is 45.5. The largest absolute Gasteiger partial charge is 0.0619 e. The third kappa shape index (κ3) is 7.46. The summed E-state index contributed by atoms with van der Waals surface area (Å²) in [4.78, 5) is 0. The molecule has 0 heteroatoms. The van der Waals surface area contributed by atoms with E-state index in [0.29, 0.717) is 0 Å². The second kappa shape index (κ2) is 19.3. The maximum Gasteiger partial charge on any atom is 0.0159 e. The van der Waals surface area contributed by atoms with Crippen molar-refractivity contribution < 1.29 is 0 Å². The Morgan fingerprint density at radius 2 is 0.292 bits per heavy atom. The highest BCUT2D eigenvalue weighted by Gasteiger charge is 2.44. The molecule has 96 heavy (non-hydrogen) atoms. The fraction of sp³-hybridized carbons (Fsp3) is 0.188. The normalized spacial score (nSPS) is 16.6. The van der Waals surface area contributed by atoms with Gasteiger partial charge in [-0.1, -0.05) is 301 Å². The highest BCUT2D eigenvalue weighted by molar-refractivity contribution is 6.17. The molecule has 0 heterocycles. The van der Waals surface area contributed by atoms with E-state index in [0.717, 1.165) is 0 Å². The highest BCUT2D eigenvalue weighted by atomic mass is 14.5. The van der Waals surface area contributed by atoms with Crippen LogP contribution in [0.1, 0.15) is 150 Å². The molecule has 0 saturated heterocycles. The van der Waals surface area contributed by atoms with Crippen LogP contribution in [0.2, 0.25) is 0 Å². The maximum atomic E-state index is 2.63. The van der Waals surface area contributed by atoms with Gasteiger partial charge in [0.25, 0.3) is 0 Å². The van der Waals surface area contributed by atoms with E-state index in [9.17, 15) is 0 Å². The van der Waals surface area contributed by atoms with Gasteiger partial charge < -0.3 is 0 Å². The average Bonchev–Trinajstić information content (AvgIpc) is 1.11. The highest BCUT2D eigenvalue weighted by Crippen LogP contribution is 2.63. The van der Waals surface area contributed by atoms with Crippen molar-refractivity contribution >= 4 is 0 Å². The molecule has 0 aliphatic heterocycles. The molecule has 19 rings (SSSR count). The summed E-state index contributed by atoms with van der Waals surface area (Å²) in [6.45, 7) is 29.3. The van der Waals surface area contributed by atoms with E-state index >= 15 is 0 Å². The zero-order chi connectivity index (χ0) is 65.5. The van der Waals surface area contributed by atoms with Crippen molar-refractivity contribution in [2.75, 3.05) is 0 Å². The van der Waals surface area contributed by atoms with E-state index in [1.54, 1.807) is 0 Å². The number of fused-ring (bicyclic) bond motifs is 18. The Balaban J connectivity index is 1.05. The fourth-order valence-corrected chi connectivity index (χ4v) is 19.7. The molecule has 13 aromatic rings. The molecule has 462 valence electrons. The second-order valence-electron chi connectivity index (χ2n) is 31.8. The molecule has 13 aromatic carbocycles. The molecule has 0 amide bonds. The maximum absolute atomic E-state index is 2.63. The van der Waals surface area contributed by atoms with Crippen LogP contribution in [-0.4, -0.2) is 0 Å². The van der Waals surface area contributed by atoms with Crippen LogP contribution in [0.4, 0.5) is 0 Å². The average molecular weight is 1230 g/mol. The Bertz CT molecular complexity index is 5400. The number of benzene rings is 13. The predicted molar refractivity (Wildman–Crippen MR) is 404 cm³/mol. The van der Waals surface area contributed by atoms with Gasteiger partial charge in [0.15, 0.2) is 0 Å². The third-order valence-corrected chi connectivity index (χ3v) is 24.7.